The van der Waals surface area contributed by atoms with E-state index >= 15 is 0 Å². The van der Waals surface area contributed by atoms with E-state index in [0.717, 1.165) is 11.3 Å². The Hall–Kier alpha value is -2.60. The van der Waals surface area contributed by atoms with E-state index < -0.39 is 0 Å². The van der Waals surface area contributed by atoms with Gasteiger partial charge in [0.2, 0.25) is 5.91 Å². The van der Waals surface area contributed by atoms with E-state index in [1.807, 2.05) is 82.0 Å². The second-order valence-corrected chi connectivity index (χ2v) is 8.61. The molecule has 2 aromatic carbocycles. The quantitative estimate of drug-likeness (QED) is 0.446. The standard InChI is InChI=1S/C23H27N3O2S/c1-15(2)25(16(3)4)21(27)14-29-23-24-20-9-7-6-8-19(20)22(28)26(23)18-12-10-17(5)11-13-18/h6-13,15-16H,14H2,1-5H3. The van der Waals surface area contributed by atoms with Crippen LogP contribution >= 0.6 is 11.8 Å². The Bertz CT molecular complexity index is 1060. The molecule has 6 heteroatoms. The van der Waals surface area contributed by atoms with Crippen molar-refractivity contribution in [2.45, 2.75) is 51.9 Å². The minimum atomic E-state index is -0.126. The Morgan fingerprint density at radius 3 is 2.28 bits per heavy atom. The first-order valence-electron chi connectivity index (χ1n) is 9.82. The van der Waals surface area contributed by atoms with Gasteiger partial charge in [0.1, 0.15) is 0 Å². The maximum Gasteiger partial charge on any atom is 0.266 e. The summed E-state index contributed by atoms with van der Waals surface area (Å²) in [6.45, 7) is 10.1. The van der Waals surface area contributed by atoms with Crippen LogP contribution in [0.25, 0.3) is 16.6 Å². The minimum Gasteiger partial charge on any atom is -0.337 e. The van der Waals surface area contributed by atoms with Crippen LogP contribution in [0.4, 0.5) is 0 Å². The number of amides is 1. The van der Waals surface area contributed by atoms with Gasteiger partial charge in [0.05, 0.1) is 22.3 Å². The number of fused-ring (bicyclic) bond motifs is 1. The van der Waals surface area contributed by atoms with E-state index in [9.17, 15) is 9.59 Å². The molecule has 0 bridgehead atoms. The largest absolute Gasteiger partial charge is 0.337 e. The lowest BCUT2D eigenvalue weighted by molar-refractivity contribution is -0.131. The molecule has 0 aliphatic heterocycles. The van der Waals surface area contributed by atoms with Gasteiger partial charge in [-0.25, -0.2) is 4.98 Å². The van der Waals surface area contributed by atoms with Crippen molar-refractivity contribution in [3.05, 3.63) is 64.4 Å². The molecule has 0 saturated carbocycles. The number of thioether (sulfide) groups is 1. The van der Waals surface area contributed by atoms with Crippen LogP contribution < -0.4 is 5.56 Å². The molecular formula is C23H27N3O2S. The van der Waals surface area contributed by atoms with Crippen molar-refractivity contribution in [2.75, 3.05) is 5.75 Å². The van der Waals surface area contributed by atoms with Crippen LogP contribution in [0, 0.1) is 6.92 Å². The van der Waals surface area contributed by atoms with Crippen molar-refractivity contribution in [3.8, 4) is 5.69 Å². The predicted octanol–water partition coefficient (Wildman–Crippen LogP) is 4.43. The molecule has 0 aliphatic rings. The van der Waals surface area contributed by atoms with Gasteiger partial charge in [-0.15, -0.1) is 0 Å². The molecule has 0 spiro atoms. The van der Waals surface area contributed by atoms with Crippen LogP contribution in [0.1, 0.15) is 33.3 Å². The Balaban J connectivity index is 2.04. The normalized spacial score (nSPS) is 11.4. The average molecular weight is 410 g/mol. The summed E-state index contributed by atoms with van der Waals surface area (Å²) in [5.41, 5.74) is 2.38. The van der Waals surface area contributed by atoms with Crippen molar-refractivity contribution in [1.82, 2.24) is 14.5 Å². The van der Waals surface area contributed by atoms with E-state index in [0.29, 0.717) is 16.1 Å². The number of hydrogen-bond donors (Lipinski definition) is 0. The molecule has 1 aromatic heterocycles. The first-order chi connectivity index (χ1) is 13.8. The summed E-state index contributed by atoms with van der Waals surface area (Å²) in [6, 6.07) is 15.3. The van der Waals surface area contributed by atoms with Crippen LogP contribution in [0.3, 0.4) is 0 Å². The molecule has 0 radical (unpaired) electrons. The number of rotatable bonds is 6. The molecule has 29 heavy (non-hydrogen) atoms. The molecule has 0 N–H and O–H groups in total. The fourth-order valence-electron chi connectivity index (χ4n) is 3.50. The summed E-state index contributed by atoms with van der Waals surface area (Å²) < 4.78 is 1.61. The Morgan fingerprint density at radius 2 is 1.66 bits per heavy atom. The van der Waals surface area contributed by atoms with E-state index in [4.69, 9.17) is 4.98 Å². The molecule has 3 rings (SSSR count). The number of carbonyl (C=O) groups is 1. The summed E-state index contributed by atoms with van der Waals surface area (Å²) in [6.07, 6.45) is 0. The van der Waals surface area contributed by atoms with Crippen molar-refractivity contribution >= 4 is 28.6 Å². The number of aromatic nitrogens is 2. The third-order valence-corrected chi connectivity index (χ3v) is 5.69. The topological polar surface area (TPSA) is 55.2 Å². The third kappa shape index (κ3) is 4.53. The molecule has 0 aliphatic carbocycles. The SMILES string of the molecule is Cc1ccc(-n2c(SCC(=O)N(C(C)C)C(C)C)nc3ccccc3c2=O)cc1. The molecule has 0 saturated heterocycles. The zero-order valence-corrected chi connectivity index (χ0v) is 18.4. The monoisotopic (exact) mass is 409 g/mol. The molecule has 0 fully saturated rings. The molecule has 5 nitrogen and oxygen atoms in total. The lowest BCUT2D eigenvalue weighted by atomic mass is 10.2. The van der Waals surface area contributed by atoms with Crippen LogP contribution in [-0.4, -0.2) is 38.2 Å². The van der Waals surface area contributed by atoms with Gasteiger partial charge in [-0.2, -0.15) is 0 Å². The molecule has 1 amide bonds. The number of benzene rings is 2. The van der Waals surface area contributed by atoms with Gasteiger partial charge in [0.15, 0.2) is 5.16 Å². The highest BCUT2D eigenvalue weighted by molar-refractivity contribution is 7.99. The molecule has 3 aromatic rings. The number of carbonyl (C=O) groups excluding carboxylic acids is 1. The van der Waals surface area contributed by atoms with Crippen molar-refractivity contribution in [3.63, 3.8) is 0 Å². The van der Waals surface area contributed by atoms with Gasteiger partial charge in [-0.3, -0.25) is 14.2 Å². The maximum atomic E-state index is 13.2. The number of hydrogen-bond acceptors (Lipinski definition) is 4. The smallest absolute Gasteiger partial charge is 0.266 e. The molecule has 1 heterocycles. The lowest BCUT2D eigenvalue weighted by Gasteiger charge is -2.30. The van der Waals surface area contributed by atoms with E-state index in [1.54, 1.807) is 10.6 Å². The summed E-state index contributed by atoms with van der Waals surface area (Å²) in [5, 5.41) is 1.09. The highest BCUT2D eigenvalue weighted by Crippen LogP contribution is 2.22. The van der Waals surface area contributed by atoms with E-state index in [1.165, 1.54) is 11.8 Å². The summed E-state index contributed by atoms with van der Waals surface area (Å²) in [4.78, 5) is 32.6. The van der Waals surface area contributed by atoms with Crippen LogP contribution in [0.5, 0.6) is 0 Å². The van der Waals surface area contributed by atoms with E-state index in [-0.39, 0.29) is 29.3 Å². The highest BCUT2D eigenvalue weighted by atomic mass is 32.2. The van der Waals surface area contributed by atoms with Crippen LogP contribution in [0.15, 0.2) is 58.5 Å². The highest BCUT2D eigenvalue weighted by Gasteiger charge is 2.21. The maximum absolute atomic E-state index is 13.2. The Labute approximate surface area is 175 Å². The number of para-hydroxylation sites is 1. The molecular weight excluding hydrogens is 382 g/mol. The second kappa shape index (κ2) is 8.82. The van der Waals surface area contributed by atoms with Gasteiger partial charge < -0.3 is 4.90 Å². The van der Waals surface area contributed by atoms with Gasteiger partial charge in [0, 0.05) is 12.1 Å². The fraction of sp³-hybridized carbons (Fsp3) is 0.348. The molecule has 0 unspecified atom stereocenters. The predicted molar refractivity (Wildman–Crippen MR) is 120 cm³/mol. The minimum absolute atomic E-state index is 0.0397. The summed E-state index contributed by atoms with van der Waals surface area (Å²) in [7, 11) is 0. The van der Waals surface area contributed by atoms with Gasteiger partial charge in [-0.1, -0.05) is 41.6 Å². The van der Waals surface area contributed by atoms with Crippen molar-refractivity contribution in [2.24, 2.45) is 0 Å². The number of aryl methyl sites for hydroxylation is 1. The third-order valence-electron chi connectivity index (χ3n) is 4.76. The van der Waals surface area contributed by atoms with Crippen LogP contribution in [-0.2, 0) is 4.79 Å². The number of nitrogens with zero attached hydrogens (tertiary/aromatic N) is 3. The van der Waals surface area contributed by atoms with E-state index in [2.05, 4.69) is 0 Å². The summed E-state index contributed by atoms with van der Waals surface area (Å²) in [5.74, 6) is 0.269. The molecule has 152 valence electrons. The summed E-state index contributed by atoms with van der Waals surface area (Å²) >= 11 is 1.31. The van der Waals surface area contributed by atoms with Gasteiger partial charge in [-0.05, 0) is 58.9 Å². The molecule has 0 atom stereocenters. The Kier molecular flexibility index (Phi) is 6.42. The van der Waals surface area contributed by atoms with Gasteiger partial charge >= 0.3 is 0 Å². The first-order valence-corrected chi connectivity index (χ1v) is 10.8. The zero-order chi connectivity index (χ0) is 21.1. The first kappa shape index (κ1) is 21.1. The Morgan fingerprint density at radius 1 is 1.03 bits per heavy atom. The lowest BCUT2D eigenvalue weighted by Crippen LogP contribution is -2.43. The van der Waals surface area contributed by atoms with Gasteiger partial charge in [0.25, 0.3) is 5.56 Å². The van der Waals surface area contributed by atoms with Crippen molar-refractivity contribution < 1.29 is 4.79 Å². The second-order valence-electron chi connectivity index (χ2n) is 7.66. The average Bonchev–Trinajstić information content (AvgIpc) is 2.67. The van der Waals surface area contributed by atoms with Crippen molar-refractivity contribution in [1.29, 1.82) is 0 Å². The fourth-order valence-corrected chi connectivity index (χ4v) is 4.39. The van der Waals surface area contributed by atoms with Crippen LogP contribution in [0.2, 0.25) is 0 Å². The zero-order valence-electron chi connectivity index (χ0n) is 17.5.